The van der Waals surface area contributed by atoms with Crippen molar-refractivity contribution in [3.8, 4) is 5.69 Å². The zero-order chi connectivity index (χ0) is 15.2. The van der Waals surface area contributed by atoms with Crippen LogP contribution in [0.15, 0.2) is 59.7 Å². The van der Waals surface area contributed by atoms with E-state index in [1.165, 1.54) is 0 Å². The number of tetrazole rings is 1. The summed E-state index contributed by atoms with van der Waals surface area (Å²) in [4.78, 5) is 0. The highest BCUT2D eigenvalue weighted by Crippen LogP contribution is 2.14. The molecule has 2 aromatic carbocycles. The van der Waals surface area contributed by atoms with E-state index in [-0.39, 0.29) is 0 Å². The average Bonchev–Trinajstić information content (AvgIpc) is 3.01. The van der Waals surface area contributed by atoms with Gasteiger partial charge < -0.3 is 0 Å². The van der Waals surface area contributed by atoms with Gasteiger partial charge in [-0.3, -0.25) is 5.43 Å². The van der Waals surface area contributed by atoms with E-state index < -0.39 is 0 Å². The van der Waals surface area contributed by atoms with Crippen LogP contribution >= 0.6 is 11.6 Å². The maximum absolute atomic E-state index is 5.91. The molecule has 1 heterocycles. The lowest BCUT2D eigenvalue weighted by Crippen LogP contribution is -2.04. The fourth-order valence-electron chi connectivity index (χ4n) is 1.91. The molecule has 0 amide bonds. The largest absolute Gasteiger partial charge is 0.279 e. The summed E-state index contributed by atoms with van der Waals surface area (Å²) in [5.74, 6) is 0.711. The number of aromatic nitrogens is 4. The van der Waals surface area contributed by atoms with Gasteiger partial charge >= 0.3 is 0 Å². The molecule has 0 aliphatic heterocycles. The molecule has 0 aliphatic rings. The van der Waals surface area contributed by atoms with Crippen molar-refractivity contribution < 1.29 is 0 Å². The lowest BCUT2D eigenvalue weighted by atomic mass is 10.3. The van der Waals surface area contributed by atoms with Crippen molar-refractivity contribution in [3.63, 3.8) is 0 Å². The van der Waals surface area contributed by atoms with Gasteiger partial charge in [-0.1, -0.05) is 35.9 Å². The first kappa shape index (κ1) is 14.2. The Morgan fingerprint density at radius 1 is 1.14 bits per heavy atom. The number of nitrogens with one attached hydrogen (secondary N) is 1. The average molecular weight is 313 g/mol. The number of nitrogens with zero attached hydrogens (tertiary/aromatic N) is 5. The number of hydrogen-bond acceptors (Lipinski definition) is 5. The van der Waals surface area contributed by atoms with E-state index in [1.807, 2.05) is 48.5 Å². The molecule has 0 saturated heterocycles. The molecular formula is C15H13ClN6. The summed E-state index contributed by atoms with van der Waals surface area (Å²) >= 11 is 5.91. The van der Waals surface area contributed by atoms with Gasteiger partial charge in [0.05, 0.1) is 11.4 Å². The maximum Gasteiger partial charge on any atom is 0.162 e. The van der Waals surface area contributed by atoms with Gasteiger partial charge in [-0.15, -0.1) is 5.10 Å². The third-order valence-electron chi connectivity index (χ3n) is 2.92. The molecule has 110 valence electrons. The Balaban J connectivity index is 1.65. The fourth-order valence-corrected chi connectivity index (χ4v) is 2.10. The number of hydrogen-bond donors (Lipinski definition) is 1. The summed E-state index contributed by atoms with van der Waals surface area (Å²) in [5, 5.41) is 16.5. The van der Waals surface area contributed by atoms with Crippen LogP contribution in [0, 0.1) is 0 Å². The second kappa shape index (κ2) is 6.82. The van der Waals surface area contributed by atoms with Gasteiger partial charge in [0, 0.05) is 17.7 Å². The van der Waals surface area contributed by atoms with Crippen LogP contribution in [0.1, 0.15) is 5.82 Å². The van der Waals surface area contributed by atoms with Crippen molar-refractivity contribution in [2.75, 3.05) is 5.43 Å². The lowest BCUT2D eigenvalue weighted by Gasteiger charge is -2.02. The monoisotopic (exact) mass is 312 g/mol. The van der Waals surface area contributed by atoms with Gasteiger partial charge in [0.1, 0.15) is 0 Å². The molecule has 0 radical (unpaired) electrons. The van der Waals surface area contributed by atoms with Crippen LogP contribution in [0.2, 0.25) is 5.02 Å². The highest BCUT2D eigenvalue weighted by atomic mass is 35.5. The van der Waals surface area contributed by atoms with Gasteiger partial charge in [-0.2, -0.15) is 9.78 Å². The Kier molecular flexibility index (Phi) is 4.41. The third kappa shape index (κ3) is 3.48. The van der Waals surface area contributed by atoms with Crippen molar-refractivity contribution in [2.45, 2.75) is 6.42 Å². The number of benzene rings is 2. The fraction of sp³-hybridized carbons (Fsp3) is 0.0667. The lowest BCUT2D eigenvalue weighted by molar-refractivity contribution is 0.776. The van der Waals surface area contributed by atoms with E-state index in [9.17, 15) is 0 Å². The molecule has 0 spiro atoms. The Morgan fingerprint density at radius 2 is 2.00 bits per heavy atom. The van der Waals surface area contributed by atoms with Crippen LogP contribution in [-0.4, -0.2) is 26.4 Å². The predicted molar refractivity (Wildman–Crippen MR) is 86.4 cm³/mol. The molecule has 0 aliphatic carbocycles. The third-order valence-corrected chi connectivity index (χ3v) is 3.15. The van der Waals surface area contributed by atoms with Gasteiger partial charge in [0.2, 0.25) is 0 Å². The Hall–Kier alpha value is -2.73. The first-order chi connectivity index (χ1) is 10.8. The molecule has 0 saturated carbocycles. The van der Waals surface area contributed by atoms with Crippen LogP contribution in [0.3, 0.4) is 0 Å². The minimum Gasteiger partial charge on any atom is -0.279 e. The molecular weight excluding hydrogens is 300 g/mol. The normalized spacial score (nSPS) is 11.0. The van der Waals surface area contributed by atoms with E-state index in [4.69, 9.17) is 11.6 Å². The van der Waals surface area contributed by atoms with Gasteiger partial charge in [-0.25, -0.2) is 0 Å². The molecule has 3 rings (SSSR count). The summed E-state index contributed by atoms with van der Waals surface area (Å²) in [6.07, 6.45) is 2.22. The zero-order valence-electron chi connectivity index (χ0n) is 11.6. The van der Waals surface area contributed by atoms with Crippen molar-refractivity contribution in [2.24, 2.45) is 5.10 Å². The topological polar surface area (TPSA) is 68.0 Å². The molecule has 6 nitrogen and oxygen atoms in total. The van der Waals surface area contributed by atoms with Crippen LogP contribution in [-0.2, 0) is 6.42 Å². The van der Waals surface area contributed by atoms with E-state index in [0.717, 1.165) is 11.4 Å². The number of hydrazone groups is 1. The predicted octanol–water partition coefficient (Wildman–Crippen LogP) is 2.96. The quantitative estimate of drug-likeness (QED) is 0.581. The van der Waals surface area contributed by atoms with Crippen LogP contribution in [0.5, 0.6) is 0 Å². The summed E-state index contributed by atoms with van der Waals surface area (Å²) < 4.78 is 1.69. The van der Waals surface area contributed by atoms with Gasteiger partial charge in [0.15, 0.2) is 5.82 Å². The van der Waals surface area contributed by atoms with Crippen molar-refractivity contribution >= 4 is 23.5 Å². The van der Waals surface area contributed by atoms with Crippen LogP contribution < -0.4 is 5.43 Å². The summed E-state index contributed by atoms with van der Waals surface area (Å²) in [5.41, 5.74) is 4.66. The number of rotatable bonds is 5. The molecule has 1 aromatic heterocycles. The second-order valence-electron chi connectivity index (χ2n) is 4.48. The number of halogens is 1. The molecule has 22 heavy (non-hydrogen) atoms. The first-order valence-electron chi connectivity index (χ1n) is 6.69. The molecule has 0 atom stereocenters. The summed E-state index contributed by atoms with van der Waals surface area (Å²) in [6.45, 7) is 0. The highest BCUT2D eigenvalue weighted by molar-refractivity contribution is 6.30. The maximum atomic E-state index is 5.91. The standard InChI is InChI=1S/C15H13ClN6/c16-12-5-4-6-13(11-12)18-17-10-9-15-19-20-21-22(15)14-7-2-1-3-8-14/h1-8,10-11,18H,9H2. The summed E-state index contributed by atoms with van der Waals surface area (Å²) in [7, 11) is 0. The minimum absolute atomic E-state index is 0.509. The molecule has 0 unspecified atom stereocenters. The van der Waals surface area contributed by atoms with Crippen LogP contribution in [0.4, 0.5) is 5.69 Å². The molecule has 3 aromatic rings. The zero-order valence-corrected chi connectivity index (χ0v) is 12.4. The van der Waals surface area contributed by atoms with Gasteiger partial charge in [-0.05, 0) is 40.8 Å². The van der Waals surface area contributed by atoms with E-state index >= 15 is 0 Å². The van der Waals surface area contributed by atoms with Crippen LogP contribution in [0.25, 0.3) is 5.69 Å². The second-order valence-corrected chi connectivity index (χ2v) is 4.92. The molecule has 0 bridgehead atoms. The van der Waals surface area contributed by atoms with E-state index in [0.29, 0.717) is 17.3 Å². The Bertz CT molecular complexity index is 768. The molecule has 1 N–H and O–H groups in total. The van der Waals surface area contributed by atoms with Gasteiger partial charge in [0.25, 0.3) is 0 Å². The molecule has 0 fully saturated rings. The SMILES string of the molecule is Clc1cccc(NN=CCc2nnnn2-c2ccccc2)c1. The highest BCUT2D eigenvalue weighted by Gasteiger charge is 2.05. The van der Waals surface area contributed by atoms with Crippen molar-refractivity contribution in [3.05, 3.63) is 65.4 Å². The van der Waals surface area contributed by atoms with E-state index in [1.54, 1.807) is 17.0 Å². The molecule has 7 heteroatoms. The first-order valence-corrected chi connectivity index (χ1v) is 7.06. The van der Waals surface area contributed by atoms with E-state index in [2.05, 4.69) is 26.1 Å². The minimum atomic E-state index is 0.509. The Morgan fingerprint density at radius 3 is 2.82 bits per heavy atom. The van der Waals surface area contributed by atoms with Crippen molar-refractivity contribution in [1.82, 2.24) is 20.2 Å². The number of para-hydroxylation sites is 1. The smallest absolute Gasteiger partial charge is 0.162 e. The number of anilines is 1. The Labute approximate surface area is 132 Å². The van der Waals surface area contributed by atoms with Crippen molar-refractivity contribution in [1.29, 1.82) is 0 Å². The summed E-state index contributed by atoms with van der Waals surface area (Å²) in [6, 6.07) is 17.1.